The second kappa shape index (κ2) is 6.53. The van der Waals surface area contributed by atoms with Crippen LogP contribution < -0.4 is 5.32 Å². The molecule has 2 aromatic carbocycles. The predicted molar refractivity (Wildman–Crippen MR) is 78.0 cm³/mol. The number of carbonyl (C=O) groups is 1. The summed E-state index contributed by atoms with van der Waals surface area (Å²) in [4.78, 5) is 12.1. The minimum Gasteiger partial charge on any atom is -0.348 e. The Balaban J connectivity index is 2.04. The van der Waals surface area contributed by atoms with Gasteiger partial charge in [-0.3, -0.25) is 4.79 Å². The molecule has 0 radical (unpaired) electrons. The maximum absolute atomic E-state index is 13.1. The monoisotopic (exact) mass is 291 g/mol. The first-order chi connectivity index (χ1) is 9.58. The lowest BCUT2D eigenvalue weighted by Gasteiger charge is -2.17. The Labute approximate surface area is 122 Å². The summed E-state index contributed by atoms with van der Waals surface area (Å²) in [5, 5.41) is 2.03. The van der Waals surface area contributed by atoms with Crippen molar-refractivity contribution in [3.05, 3.63) is 71.5 Å². The van der Waals surface area contributed by atoms with Gasteiger partial charge in [-0.1, -0.05) is 42.5 Å². The van der Waals surface area contributed by atoms with Gasteiger partial charge in [0.1, 0.15) is 11.2 Å². The molecule has 2 atom stereocenters. The van der Waals surface area contributed by atoms with E-state index in [2.05, 4.69) is 5.32 Å². The van der Waals surface area contributed by atoms with Crippen LogP contribution in [0.15, 0.2) is 54.6 Å². The molecule has 0 heterocycles. The Kier molecular flexibility index (Phi) is 4.74. The summed E-state index contributed by atoms with van der Waals surface area (Å²) in [5.41, 5.74) is 1.44. The number of amides is 1. The van der Waals surface area contributed by atoms with Crippen LogP contribution in [-0.2, 0) is 4.79 Å². The third kappa shape index (κ3) is 3.58. The summed E-state index contributed by atoms with van der Waals surface area (Å²) in [6.45, 7) is 1.79. The molecule has 1 amide bonds. The van der Waals surface area contributed by atoms with Crippen LogP contribution in [0.4, 0.5) is 4.39 Å². The molecule has 0 aliphatic carbocycles. The molecule has 0 saturated heterocycles. The fourth-order valence-electron chi connectivity index (χ4n) is 1.92. The minimum atomic E-state index is -0.757. The van der Waals surface area contributed by atoms with Crippen molar-refractivity contribution >= 4 is 17.5 Å². The summed E-state index contributed by atoms with van der Waals surface area (Å²) in [7, 11) is 0. The number of alkyl halides is 1. The number of nitrogens with one attached hydrogen (secondary N) is 1. The van der Waals surface area contributed by atoms with Gasteiger partial charge in [0.2, 0.25) is 5.91 Å². The summed E-state index contributed by atoms with van der Waals surface area (Å²) in [5.74, 6) is -0.622. The molecule has 20 heavy (non-hydrogen) atoms. The van der Waals surface area contributed by atoms with E-state index in [1.165, 1.54) is 12.1 Å². The quantitative estimate of drug-likeness (QED) is 0.848. The summed E-state index contributed by atoms with van der Waals surface area (Å²) >= 11 is 6.13. The van der Waals surface area contributed by atoms with E-state index in [4.69, 9.17) is 11.6 Å². The number of rotatable bonds is 4. The van der Waals surface area contributed by atoms with Crippen LogP contribution in [0.2, 0.25) is 0 Å². The maximum atomic E-state index is 13.1. The zero-order valence-corrected chi connectivity index (χ0v) is 11.8. The largest absolute Gasteiger partial charge is 0.348 e. The second-order valence-corrected chi connectivity index (χ2v) is 4.99. The Morgan fingerprint density at radius 3 is 2.40 bits per heavy atom. The van der Waals surface area contributed by atoms with Crippen LogP contribution in [0.1, 0.15) is 29.5 Å². The topological polar surface area (TPSA) is 29.1 Å². The average molecular weight is 292 g/mol. The molecule has 2 rings (SSSR count). The molecule has 0 fully saturated rings. The number of hydrogen-bond donors (Lipinski definition) is 1. The van der Waals surface area contributed by atoms with Crippen molar-refractivity contribution in [3.63, 3.8) is 0 Å². The van der Waals surface area contributed by atoms with Crippen molar-refractivity contribution in [1.29, 1.82) is 0 Å². The molecule has 1 N–H and O–H groups in total. The molecular formula is C16H15ClFNO. The van der Waals surface area contributed by atoms with E-state index in [1.54, 1.807) is 31.2 Å². The Hall–Kier alpha value is -1.87. The van der Waals surface area contributed by atoms with Gasteiger partial charge in [-0.05, 0) is 30.2 Å². The number of halogens is 2. The van der Waals surface area contributed by atoms with Gasteiger partial charge in [0.15, 0.2) is 0 Å². The van der Waals surface area contributed by atoms with Gasteiger partial charge < -0.3 is 5.32 Å². The van der Waals surface area contributed by atoms with Crippen LogP contribution in [0.3, 0.4) is 0 Å². The Morgan fingerprint density at radius 1 is 1.10 bits per heavy atom. The molecule has 2 aromatic rings. The van der Waals surface area contributed by atoms with Crippen molar-refractivity contribution in [1.82, 2.24) is 5.32 Å². The first kappa shape index (κ1) is 14.5. The molecule has 0 aliphatic rings. The summed E-state index contributed by atoms with van der Waals surface area (Å²) in [6, 6.07) is 14.9. The van der Waals surface area contributed by atoms with Crippen LogP contribution >= 0.6 is 11.6 Å². The molecule has 4 heteroatoms. The van der Waals surface area contributed by atoms with E-state index in [0.717, 1.165) is 5.56 Å². The smallest absolute Gasteiger partial charge is 0.243 e. The van der Waals surface area contributed by atoms with Crippen LogP contribution in [0.5, 0.6) is 0 Å². The lowest BCUT2D eigenvalue weighted by atomic mass is 10.1. The zero-order valence-electron chi connectivity index (χ0n) is 11.0. The first-order valence-electron chi connectivity index (χ1n) is 6.33. The van der Waals surface area contributed by atoms with Gasteiger partial charge in [-0.2, -0.15) is 0 Å². The van der Waals surface area contributed by atoms with Gasteiger partial charge in [0.05, 0.1) is 6.04 Å². The third-order valence-electron chi connectivity index (χ3n) is 3.03. The Bertz CT molecular complexity index is 588. The number of hydrogen-bond acceptors (Lipinski definition) is 1. The van der Waals surface area contributed by atoms with E-state index in [1.807, 2.05) is 18.2 Å². The highest BCUT2D eigenvalue weighted by Crippen LogP contribution is 2.22. The maximum Gasteiger partial charge on any atom is 0.243 e. The molecular weight excluding hydrogens is 277 g/mol. The van der Waals surface area contributed by atoms with Crippen molar-refractivity contribution < 1.29 is 9.18 Å². The lowest BCUT2D eigenvalue weighted by Crippen LogP contribution is -2.29. The predicted octanol–water partition coefficient (Wildman–Crippen LogP) is 3.98. The third-order valence-corrected chi connectivity index (χ3v) is 3.48. The van der Waals surface area contributed by atoms with Crippen molar-refractivity contribution in [2.45, 2.75) is 18.3 Å². The lowest BCUT2D eigenvalue weighted by molar-refractivity contribution is -0.121. The van der Waals surface area contributed by atoms with Gasteiger partial charge in [0.25, 0.3) is 0 Å². The van der Waals surface area contributed by atoms with E-state index >= 15 is 0 Å². The molecule has 104 valence electrons. The SMILES string of the molecule is CC(NC(=O)C(Cl)c1ccccc1)c1cccc(F)c1. The van der Waals surface area contributed by atoms with E-state index < -0.39 is 5.38 Å². The normalized spacial score (nSPS) is 13.6. The highest BCUT2D eigenvalue weighted by atomic mass is 35.5. The fraction of sp³-hybridized carbons (Fsp3) is 0.188. The van der Waals surface area contributed by atoms with E-state index in [9.17, 15) is 9.18 Å². The van der Waals surface area contributed by atoms with Crippen LogP contribution in [0, 0.1) is 5.82 Å². The standard InChI is InChI=1S/C16H15ClFNO/c1-11(13-8-5-9-14(18)10-13)19-16(20)15(17)12-6-3-2-4-7-12/h2-11,15H,1H3,(H,19,20). The molecule has 2 unspecified atom stereocenters. The van der Waals surface area contributed by atoms with Crippen molar-refractivity contribution in [2.75, 3.05) is 0 Å². The van der Waals surface area contributed by atoms with Crippen LogP contribution in [0.25, 0.3) is 0 Å². The van der Waals surface area contributed by atoms with Crippen LogP contribution in [-0.4, -0.2) is 5.91 Å². The second-order valence-electron chi connectivity index (χ2n) is 4.56. The first-order valence-corrected chi connectivity index (χ1v) is 6.76. The highest BCUT2D eigenvalue weighted by molar-refractivity contribution is 6.30. The summed E-state index contributed by atoms with van der Waals surface area (Å²) in [6.07, 6.45) is 0. The molecule has 0 saturated carbocycles. The van der Waals surface area contributed by atoms with Crippen molar-refractivity contribution in [2.24, 2.45) is 0 Å². The highest BCUT2D eigenvalue weighted by Gasteiger charge is 2.19. The molecule has 0 bridgehead atoms. The molecule has 0 aromatic heterocycles. The summed E-state index contributed by atoms with van der Waals surface area (Å²) < 4.78 is 13.1. The van der Waals surface area contributed by atoms with Crippen molar-refractivity contribution in [3.8, 4) is 0 Å². The number of benzene rings is 2. The molecule has 0 spiro atoms. The number of carbonyl (C=O) groups excluding carboxylic acids is 1. The van der Waals surface area contributed by atoms with E-state index in [0.29, 0.717) is 5.56 Å². The molecule has 0 aliphatic heterocycles. The van der Waals surface area contributed by atoms with Gasteiger partial charge in [-0.15, -0.1) is 11.6 Å². The zero-order chi connectivity index (χ0) is 14.5. The fourth-order valence-corrected chi connectivity index (χ4v) is 2.13. The molecule has 2 nitrogen and oxygen atoms in total. The van der Waals surface area contributed by atoms with Gasteiger partial charge >= 0.3 is 0 Å². The average Bonchev–Trinajstić information content (AvgIpc) is 2.47. The van der Waals surface area contributed by atoms with Gasteiger partial charge in [-0.25, -0.2) is 4.39 Å². The van der Waals surface area contributed by atoms with E-state index in [-0.39, 0.29) is 17.8 Å². The Morgan fingerprint density at radius 2 is 1.75 bits per heavy atom. The minimum absolute atomic E-state index is 0.297. The van der Waals surface area contributed by atoms with Gasteiger partial charge in [0, 0.05) is 0 Å².